The van der Waals surface area contributed by atoms with Crippen molar-refractivity contribution in [2.75, 3.05) is 13.2 Å². The number of hydrogen-bond acceptors (Lipinski definition) is 2. The summed E-state index contributed by atoms with van der Waals surface area (Å²) in [5.41, 5.74) is 2.69. The Morgan fingerprint density at radius 2 is 1.14 bits per heavy atom. The molecule has 0 radical (unpaired) electrons. The summed E-state index contributed by atoms with van der Waals surface area (Å²) in [7, 11) is 0. The van der Waals surface area contributed by atoms with Gasteiger partial charge in [-0.15, -0.1) is 0 Å². The van der Waals surface area contributed by atoms with Crippen LogP contribution in [0, 0.1) is 0 Å². The van der Waals surface area contributed by atoms with Gasteiger partial charge in [-0.3, -0.25) is 0 Å². The zero-order valence-corrected chi connectivity index (χ0v) is 17.6. The van der Waals surface area contributed by atoms with Gasteiger partial charge in [-0.1, -0.05) is 111 Å². The predicted molar refractivity (Wildman–Crippen MR) is 120 cm³/mol. The highest BCUT2D eigenvalue weighted by Gasteiger charge is 2.37. The lowest BCUT2D eigenvalue weighted by Crippen LogP contribution is -2.35. The van der Waals surface area contributed by atoms with E-state index in [1.807, 2.05) is 18.2 Å². The van der Waals surface area contributed by atoms with Crippen LogP contribution in [0.3, 0.4) is 0 Å². The Kier molecular flexibility index (Phi) is 8.03. The summed E-state index contributed by atoms with van der Waals surface area (Å²) in [4.78, 5) is 0. The summed E-state index contributed by atoms with van der Waals surface area (Å²) in [6.07, 6.45) is 3.53. The van der Waals surface area contributed by atoms with Crippen LogP contribution in [0.4, 0.5) is 0 Å². The molecule has 3 rings (SSSR count). The molecule has 0 saturated carbocycles. The lowest BCUT2D eigenvalue weighted by Gasteiger charge is -2.36. The summed E-state index contributed by atoms with van der Waals surface area (Å²) in [5.74, 6) is 0. The second-order valence-corrected chi connectivity index (χ2v) is 7.48. The minimum atomic E-state index is -0.676. The molecule has 0 aliphatic heterocycles. The molecule has 2 heteroatoms. The van der Waals surface area contributed by atoms with E-state index in [4.69, 9.17) is 9.47 Å². The van der Waals surface area contributed by atoms with E-state index in [-0.39, 0.29) is 6.10 Å². The first-order valence-electron chi connectivity index (χ1n) is 10.7. The standard InChI is InChI=1S/C27H32O2/c1-3-4-14-21-28-23(2)22-29-27(24-15-8-5-9-16-24,25-17-10-6-11-18-25)26-19-12-7-13-20-26/h5-13,15-20,23H,3-4,14,21-22H2,1-2H3. The molecule has 0 N–H and O–H groups in total. The van der Waals surface area contributed by atoms with E-state index in [1.54, 1.807) is 0 Å². The van der Waals surface area contributed by atoms with Crippen LogP contribution in [0.15, 0.2) is 91.0 Å². The molecule has 0 heterocycles. The van der Waals surface area contributed by atoms with Crippen LogP contribution in [0.2, 0.25) is 0 Å². The molecule has 3 aromatic carbocycles. The molecular weight excluding hydrogens is 356 g/mol. The van der Waals surface area contributed by atoms with Crippen LogP contribution >= 0.6 is 0 Å². The van der Waals surface area contributed by atoms with Gasteiger partial charge in [0.1, 0.15) is 5.60 Å². The molecule has 0 aliphatic rings. The van der Waals surface area contributed by atoms with Gasteiger partial charge in [0.05, 0.1) is 12.7 Å². The van der Waals surface area contributed by atoms with E-state index in [0.29, 0.717) is 6.61 Å². The van der Waals surface area contributed by atoms with Gasteiger partial charge in [0.2, 0.25) is 0 Å². The highest BCUT2D eigenvalue weighted by atomic mass is 16.5. The minimum Gasteiger partial charge on any atom is -0.376 e. The first kappa shape index (κ1) is 21.3. The van der Waals surface area contributed by atoms with E-state index < -0.39 is 5.60 Å². The number of ether oxygens (including phenoxy) is 2. The van der Waals surface area contributed by atoms with Crippen LogP contribution in [0.25, 0.3) is 0 Å². The molecule has 0 amide bonds. The first-order chi connectivity index (χ1) is 14.3. The molecule has 29 heavy (non-hydrogen) atoms. The molecule has 0 fully saturated rings. The third-order valence-corrected chi connectivity index (χ3v) is 5.23. The van der Waals surface area contributed by atoms with Crippen LogP contribution in [0.5, 0.6) is 0 Å². The molecule has 0 aromatic heterocycles. The molecule has 3 aromatic rings. The van der Waals surface area contributed by atoms with Crippen molar-refractivity contribution < 1.29 is 9.47 Å². The van der Waals surface area contributed by atoms with Gasteiger partial charge in [-0.05, 0) is 30.0 Å². The Bertz CT molecular complexity index is 718. The van der Waals surface area contributed by atoms with Gasteiger partial charge in [-0.25, -0.2) is 0 Å². The summed E-state index contributed by atoms with van der Waals surface area (Å²) in [6.45, 7) is 5.61. The van der Waals surface area contributed by atoms with Crippen molar-refractivity contribution in [2.24, 2.45) is 0 Å². The molecule has 1 unspecified atom stereocenters. The Morgan fingerprint density at radius 3 is 1.55 bits per heavy atom. The van der Waals surface area contributed by atoms with E-state index in [0.717, 1.165) is 29.7 Å². The topological polar surface area (TPSA) is 18.5 Å². The van der Waals surface area contributed by atoms with E-state index in [1.165, 1.54) is 12.8 Å². The second kappa shape index (κ2) is 10.9. The Labute approximate surface area is 175 Å². The quantitative estimate of drug-likeness (QED) is 0.272. The number of hydrogen-bond donors (Lipinski definition) is 0. The van der Waals surface area contributed by atoms with Gasteiger partial charge in [0, 0.05) is 6.61 Å². The van der Waals surface area contributed by atoms with Gasteiger partial charge >= 0.3 is 0 Å². The first-order valence-corrected chi connectivity index (χ1v) is 10.7. The zero-order valence-electron chi connectivity index (χ0n) is 17.6. The van der Waals surface area contributed by atoms with Gasteiger partial charge in [0.25, 0.3) is 0 Å². The van der Waals surface area contributed by atoms with Crippen LogP contribution in [0.1, 0.15) is 49.8 Å². The molecule has 2 nitrogen and oxygen atoms in total. The van der Waals surface area contributed by atoms with Crippen LogP contribution < -0.4 is 0 Å². The van der Waals surface area contributed by atoms with Crippen molar-refractivity contribution in [3.63, 3.8) is 0 Å². The Hall–Kier alpha value is -2.42. The third kappa shape index (κ3) is 5.35. The smallest absolute Gasteiger partial charge is 0.143 e. The van der Waals surface area contributed by atoms with Crippen molar-refractivity contribution in [3.05, 3.63) is 108 Å². The maximum absolute atomic E-state index is 6.78. The van der Waals surface area contributed by atoms with E-state index in [9.17, 15) is 0 Å². The Morgan fingerprint density at radius 1 is 0.690 bits per heavy atom. The van der Waals surface area contributed by atoms with Gasteiger partial charge < -0.3 is 9.47 Å². The molecular formula is C27H32O2. The normalized spacial score (nSPS) is 12.6. The van der Waals surface area contributed by atoms with Crippen LogP contribution in [-0.2, 0) is 15.1 Å². The summed E-state index contributed by atoms with van der Waals surface area (Å²) in [6, 6.07) is 31.5. The van der Waals surface area contributed by atoms with E-state index in [2.05, 4.69) is 86.6 Å². The average Bonchev–Trinajstić information content (AvgIpc) is 2.79. The molecule has 0 bridgehead atoms. The second-order valence-electron chi connectivity index (χ2n) is 7.48. The zero-order chi connectivity index (χ0) is 20.4. The van der Waals surface area contributed by atoms with Crippen molar-refractivity contribution in [1.82, 2.24) is 0 Å². The molecule has 0 spiro atoms. The fourth-order valence-corrected chi connectivity index (χ4v) is 3.70. The lowest BCUT2D eigenvalue weighted by molar-refractivity contribution is -0.0587. The fraction of sp³-hybridized carbons (Fsp3) is 0.333. The molecule has 152 valence electrons. The lowest BCUT2D eigenvalue weighted by atomic mass is 9.80. The largest absolute Gasteiger partial charge is 0.376 e. The monoisotopic (exact) mass is 388 g/mol. The fourth-order valence-electron chi connectivity index (χ4n) is 3.70. The molecule has 0 aliphatic carbocycles. The van der Waals surface area contributed by atoms with Crippen LogP contribution in [-0.4, -0.2) is 19.3 Å². The molecule has 0 saturated heterocycles. The Balaban J connectivity index is 1.95. The van der Waals surface area contributed by atoms with Crippen molar-refractivity contribution in [1.29, 1.82) is 0 Å². The summed E-state index contributed by atoms with van der Waals surface area (Å²) in [5, 5.41) is 0. The van der Waals surface area contributed by atoms with Crippen molar-refractivity contribution in [2.45, 2.75) is 44.8 Å². The number of benzene rings is 3. The highest BCUT2D eigenvalue weighted by molar-refractivity contribution is 5.47. The third-order valence-electron chi connectivity index (χ3n) is 5.23. The van der Waals surface area contributed by atoms with Gasteiger partial charge in [-0.2, -0.15) is 0 Å². The SMILES string of the molecule is CCCCCOC(C)COC(c1ccccc1)(c1ccccc1)c1ccccc1. The predicted octanol–water partition coefficient (Wildman–Crippen LogP) is 6.59. The van der Waals surface area contributed by atoms with Crippen molar-refractivity contribution >= 4 is 0 Å². The average molecular weight is 389 g/mol. The van der Waals surface area contributed by atoms with Crippen molar-refractivity contribution in [3.8, 4) is 0 Å². The molecule has 1 atom stereocenters. The van der Waals surface area contributed by atoms with E-state index >= 15 is 0 Å². The summed E-state index contributed by atoms with van der Waals surface area (Å²) >= 11 is 0. The van der Waals surface area contributed by atoms with Gasteiger partial charge in [0.15, 0.2) is 0 Å². The minimum absolute atomic E-state index is 0.0300. The maximum Gasteiger partial charge on any atom is 0.143 e. The summed E-state index contributed by atoms with van der Waals surface area (Å²) < 4.78 is 12.8. The number of unbranched alkanes of at least 4 members (excludes halogenated alkanes) is 2. The number of rotatable bonds is 11. The highest BCUT2D eigenvalue weighted by Crippen LogP contribution is 2.40. The maximum atomic E-state index is 6.78.